The van der Waals surface area contributed by atoms with Gasteiger partial charge in [-0.2, -0.15) is 0 Å². The highest BCUT2D eigenvalue weighted by atomic mass is 79.9. The Kier molecular flexibility index (Phi) is 4.18. The number of rotatable bonds is 3. The van der Waals surface area contributed by atoms with Crippen molar-refractivity contribution in [1.82, 2.24) is 9.88 Å². The molecular weight excluding hydrogens is 266 g/mol. The van der Waals surface area contributed by atoms with Crippen LogP contribution in [0.3, 0.4) is 0 Å². The Hall–Kier alpha value is -0.610. The minimum atomic E-state index is 0.783. The molecule has 1 N–H and O–H groups in total. The Bertz CT molecular complexity index is 335. The monoisotopic (exact) mass is 283 g/mol. The van der Waals surface area contributed by atoms with Gasteiger partial charge in [-0.05, 0) is 67.0 Å². The van der Waals surface area contributed by atoms with Crippen LogP contribution < -0.4 is 5.32 Å². The minimum absolute atomic E-state index is 0.783. The molecular formula is C12H18BrN3. The summed E-state index contributed by atoms with van der Waals surface area (Å²) in [4.78, 5) is 6.71. The number of nitrogens with zero attached hydrogens (tertiary/aromatic N) is 2. The van der Waals surface area contributed by atoms with Crippen molar-refractivity contribution in [3.05, 3.63) is 22.8 Å². The van der Waals surface area contributed by atoms with Crippen LogP contribution in [0.25, 0.3) is 0 Å². The Labute approximate surface area is 105 Å². The van der Waals surface area contributed by atoms with Crippen molar-refractivity contribution in [3.8, 4) is 0 Å². The van der Waals surface area contributed by atoms with E-state index in [9.17, 15) is 0 Å². The zero-order chi connectivity index (χ0) is 11.4. The first-order chi connectivity index (χ1) is 7.75. The molecule has 1 fully saturated rings. The molecule has 0 bridgehead atoms. The zero-order valence-electron chi connectivity index (χ0n) is 9.62. The van der Waals surface area contributed by atoms with Crippen LogP contribution in [0.5, 0.6) is 0 Å². The molecule has 0 aliphatic carbocycles. The van der Waals surface area contributed by atoms with Gasteiger partial charge >= 0.3 is 0 Å². The van der Waals surface area contributed by atoms with E-state index in [4.69, 9.17) is 0 Å². The van der Waals surface area contributed by atoms with E-state index < -0.39 is 0 Å². The first kappa shape index (κ1) is 11.9. The van der Waals surface area contributed by atoms with Gasteiger partial charge in [-0.3, -0.25) is 0 Å². The summed E-state index contributed by atoms with van der Waals surface area (Å²) in [5, 5.41) is 3.42. The quantitative estimate of drug-likeness (QED) is 0.924. The first-order valence-electron chi connectivity index (χ1n) is 5.78. The molecule has 0 atom stereocenters. The number of anilines is 1. The van der Waals surface area contributed by atoms with Crippen LogP contribution >= 0.6 is 15.9 Å². The summed E-state index contributed by atoms with van der Waals surface area (Å²) in [5.74, 6) is 1.74. The highest BCUT2D eigenvalue weighted by Gasteiger charge is 2.16. The van der Waals surface area contributed by atoms with Gasteiger partial charge in [0.1, 0.15) is 5.82 Å². The third kappa shape index (κ3) is 3.19. The van der Waals surface area contributed by atoms with Crippen LogP contribution in [0.4, 0.5) is 5.82 Å². The summed E-state index contributed by atoms with van der Waals surface area (Å²) < 4.78 is 1.04. The third-order valence-corrected chi connectivity index (χ3v) is 3.79. The van der Waals surface area contributed by atoms with Gasteiger partial charge < -0.3 is 10.2 Å². The first-order valence-corrected chi connectivity index (χ1v) is 6.58. The van der Waals surface area contributed by atoms with Crippen LogP contribution in [0.15, 0.2) is 22.8 Å². The van der Waals surface area contributed by atoms with E-state index in [1.54, 1.807) is 0 Å². The molecule has 1 aromatic rings. The second-order valence-electron chi connectivity index (χ2n) is 4.46. The van der Waals surface area contributed by atoms with Gasteiger partial charge in [0.05, 0.1) is 4.47 Å². The van der Waals surface area contributed by atoms with Crippen molar-refractivity contribution < 1.29 is 0 Å². The van der Waals surface area contributed by atoms with E-state index in [-0.39, 0.29) is 0 Å². The fraction of sp³-hybridized carbons (Fsp3) is 0.583. The van der Waals surface area contributed by atoms with Crippen LogP contribution in [0.1, 0.15) is 12.8 Å². The minimum Gasteiger partial charge on any atom is -0.369 e. The van der Waals surface area contributed by atoms with Crippen molar-refractivity contribution in [3.63, 3.8) is 0 Å². The number of nitrogens with one attached hydrogen (secondary N) is 1. The maximum Gasteiger partial charge on any atom is 0.140 e. The van der Waals surface area contributed by atoms with Gasteiger partial charge in [0, 0.05) is 12.7 Å². The van der Waals surface area contributed by atoms with Crippen molar-refractivity contribution in [1.29, 1.82) is 0 Å². The summed E-state index contributed by atoms with van der Waals surface area (Å²) in [6.45, 7) is 3.47. The molecule has 0 saturated carbocycles. The molecule has 1 aliphatic rings. The number of pyridine rings is 1. The second-order valence-corrected chi connectivity index (χ2v) is 5.32. The molecule has 0 spiro atoms. The fourth-order valence-corrected chi connectivity index (χ4v) is 2.42. The molecule has 1 aliphatic heterocycles. The summed E-state index contributed by atoms with van der Waals surface area (Å²) in [5.41, 5.74) is 0. The lowest BCUT2D eigenvalue weighted by Gasteiger charge is -2.29. The fourth-order valence-electron chi connectivity index (χ4n) is 2.02. The van der Waals surface area contributed by atoms with Gasteiger partial charge in [0.15, 0.2) is 0 Å². The summed E-state index contributed by atoms with van der Waals surface area (Å²) >= 11 is 3.50. The largest absolute Gasteiger partial charge is 0.369 e. The van der Waals surface area contributed by atoms with Gasteiger partial charge in [-0.15, -0.1) is 0 Å². The normalized spacial score (nSPS) is 18.6. The maximum absolute atomic E-state index is 4.31. The average molecular weight is 284 g/mol. The van der Waals surface area contributed by atoms with Crippen molar-refractivity contribution >= 4 is 21.7 Å². The number of piperidine rings is 1. The van der Waals surface area contributed by atoms with Gasteiger partial charge in [0.2, 0.25) is 0 Å². The topological polar surface area (TPSA) is 28.2 Å². The number of likely N-dealkylation sites (tertiary alicyclic amines) is 1. The number of halogens is 1. The Morgan fingerprint density at radius 2 is 2.25 bits per heavy atom. The van der Waals surface area contributed by atoms with Crippen LogP contribution in [-0.4, -0.2) is 36.6 Å². The molecule has 2 rings (SSSR count). The third-order valence-electron chi connectivity index (χ3n) is 3.15. The molecule has 0 unspecified atom stereocenters. The van der Waals surface area contributed by atoms with Crippen molar-refractivity contribution in [2.24, 2.45) is 5.92 Å². The van der Waals surface area contributed by atoms with E-state index in [2.05, 4.69) is 38.2 Å². The lowest BCUT2D eigenvalue weighted by molar-refractivity contribution is 0.226. The molecule has 1 aromatic heterocycles. The predicted molar refractivity (Wildman–Crippen MR) is 70.6 cm³/mol. The lowest BCUT2D eigenvalue weighted by Crippen LogP contribution is -2.33. The predicted octanol–water partition coefficient (Wildman–Crippen LogP) is 2.60. The molecule has 1 saturated heterocycles. The number of aromatic nitrogens is 1. The zero-order valence-corrected chi connectivity index (χ0v) is 11.2. The van der Waals surface area contributed by atoms with Gasteiger partial charge in [0.25, 0.3) is 0 Å². The Morgan fingerprint density at radius 1 is 1.50 bits per heavy atom. The maximum atomic E-state index is 4.31. The second kappa shape index (κ2) is 5.64. The van der Waals surface area contributed by atoms with Gasteiger partial charge in [-0.1, -0.05) is 0 Å². The highest BCUT2D eigenvalue weighted by Crippen LogP contribution is 2.21. The molecule has 0 aromatic carbocycles. The van der Waals surface area contributed by atoms with E-state index in [1.165, 1.54) is 25.9 Å². The van der Waals surface area contributed by atoms with E-state index in [0.717, 1.165) is 22.8 Å². The molecule has 0 amide bonds. The van der Waals surface area contributed by atoms with Crippen LogP contribution in [-0.2, 0) is 0 Å². The van der Waals surface area contributed by atoms with Crippen molar-refractivity contribution in [2.45, 2.75) is 12.8 Å². The number of hydrogen-bond donors (Lipinski definition) is 1. The van der Waals surface area contributed by atoms with Crippen LogP contribution in [0.2, 0.25) is 0 Å². The smallest absolute Gasteiger partial charge is 0.140 e. The van der Waals surface area contributed by atoms with Crippen molar-refractivity contribution in [2.75, 3.05) is 32.0 Å². The molecule has 0 radical (unpaired) electrons. The van der Waals surface area contributed by atoms with Crippen LogP contribution in [0, 0.1) is 5.92 Å². The standard InChI is InChI=1S/C12H18BrN3/c1-16-7-4-10(5-8-16)9-15-12-11(13)3-2-6-14-12/h2-3,6,10H,4-5,7-9H2,1H3,(H,14,15). The van der Waals surface area contributed by atoms with E-state index in [1.807, 2.05) is 18.3 Å². The molecule has 88 valence electrons. The highest BCUT2D eigenvalue weighted by molar-refractivity contribution is 9.10. The molecule has 16 heavy (non-hydrogen) atoms. The SMILES string of the molecule is CN1CCC(CNc2ncccc2Br)CC1. The van der Waals surface area contributed by atoms with Gasteiger partial charge in [-0.25, -0.2) is 4.98 Å². The summed E-state index contributed by atoms with van der Waals surface area (Å²) in [7, 11) is 2.19. The number of hydrogen-bond acceptors (Lipinski definition) is 3. The summed E-state index contributed by atoms with van der Waals surface area (Å²) in [6, 6.07) is 3.95. The Balaban J connectivity index is 1.81. The molecule has 2 heterocycles. The van der Waals surface area contributed by atoms with E-state index >= 15 is 0 Å². The summed E-state index contributed by atoms with van der Waals surface area (Å²) in [6.07, 6.45) is 4.39. The molecule has 4 heteroatoms. The molecule has 3 nitrogen and oxygen atoms in total. The Morgan fingerprint density at radius 3 is 2.94 bits per heavy atom. The lowest BCUT2D eigenvalue weighted by atomic mass is 9.97. The average Bonchev–Trinajstić information content (AvgIpc) is 2.30. The van der Waals surface area contributed by atoms with E-state index in [0.29, 0.717) is 0 Å².